The summed E-state index contributed by atoms with van der Waals surface area (Å²) in [6.07, 6.45) is 11.4. The van der Waals surface area contributed by atoms with E-state index in [1.54, 1.807) is 0 Å². The number of aliphatic carboxylic acids is 1. The molecule has 0 aromatic rings. The maximum absolute atomic E-state index is 11.0. The van der Waals surface area contributed by atoms with Gasteiger partial charge < -0.3 is 29.7 Å². The Bertz CT molecular complexity index is 410. The van der Waals surface area contributed by atoms with Gasteiger partial charge in [-0.1, -0.05) is 51.0 Å². The van der Waals surface area contributed by atoms with E-state index in [4.69, 9.17) is 0 Å². The van der Waals surface area contributed by atoms with Gasteiger partial charge in [-0.2, -0.15) is 0 Å². The number of hydrogen-bond acceptors (Lipinski definition) is 5. The van der Waals surface area contributed by atoms with Gasteiger partial charge in [0.2, 0.25) is 0 Å². The van der Waals surface area contributed by atoms with Gasteiger partial charge in [0.15, 0.2) is 0 Å². The van der Waals surface area contributed by atoms with Crippen LogP contribution >= 0.6 is 0 Å². The highest BCUT2D eigenvalue weighted by Crippen LogP contribution is 2.15. The predicted molar refractivity (Wildman–Crippen MR) is 106 cm³/mol. The van der Waals surface area contributed by atoms with Crippen molar-refractivity contribution >= 4 is 5.97 Å². The van der Waals surface area contributed by atoms with E-state index in [1.165, 1.54) is 0 Å². The molecule has 0 saturated carbocycles. The lowest BCUT2D eigenvalue weighted by atomic mass is 10.1. The average Bonchev–Trinajstić information content (AvgIpc) is 2.61. The summed E-state index contributed by atoms with van der Waals surface area (Å²) in [5.41, 5.74) is 0. The number of aliphatic hydroxyl groups is 3. The van der Waals surface area contributed by atoms with E-state index in [2.05, 4.69) is 13.8 Å². The van der Waals surface area contributed by atoms with Gasteiger partial charge in [0, 0.05) is 12.4 Å². The molecular formula is C21H39NO5. The standard InChI is InChI=1S/C21H39NO5/c1-3-5-7-9-11-19(24)17-22(15-16-23,14-13-21(26)27)18-20(25)12-10-8-6-4-2/h7-10,19-20,23-25H,3-6,11-18H2,1-2H3/b9-7+,10-8+. The molecule has 6 heteroatoms. The SMILES string of the molecule is CCC/C=C/CC(O)C[N+](CCO)(CCC(=O)[O-])CC(O)C/C=C/CCC. The second-order valence-electron chi connectivity index (χ2n) is 7.30. The molecule has 2 atom stereocenters. The molecule has 0 heterocycles. The molecule has 0 radical (unpaired) electrons. The van der Waals surface area contributed by atoms with Gasteiger partial charge in [0.05, 0.1) is 13.2 Å². The van der Waals surface area contributed by atoms with Gasteiger partial charge in [-0.25, -0.2) is 0 Å². The van der Waals surface area contributed by atoms with E-state index in [0.29, 0.717) is 32.5 Å². The Hall–Kier alpha value is -1.21. The number of carboxylic acids is 1. The predicted octanol–water partition coefficient (Wildman–Crippen LogP) is 1.15. The first-order valence-corrected chi connectivity index (χ1v) is 10.2. The maximum atomic E-state index is 11.0. The number of aliphatic hydroxyl groups excluding tert-OH is 3. The number of allylic oxidation sites excluding steroid dienone is 2. The van der Waals surface area contributed by atoms with Gasteiger partial charge >= 0.3 is 0 Å². The minimum Gasteiger partial charge on any atom is -0.550 e. The van der Waals surface area contributed by atoms with Crippen molar-refractivity contribution in [2.75, 3.05) is 32.8 Å². The molecule has 0 aromatic heterocycles. The van der Waals surface area contributed by atoms with E-state index < -0.39 is 18.2 Å². The molecule has 0 saturated heterocycles. The van der Waals surface area contributed by atoms with Gasteiger partial charge in [-0.3, -0.25) is 0 Å². The van der Waals surface area contributed by atoms with Crippen LogP contribution in [0.15, 0.2) is 24.3 Å². The molecule has 0 aromatic carbocycles. The molecule has 0 spiro atoms. The van der Waals surface area contributed by atoms with Crippen molar-refractivity contribution in [3.05, 3.63) is 24.3 Å². The van der Waals surface area contributed by atoms with E-state index in [0.717, 1.165) is 25.7 Å². The fraction of sp³-hybridized carbons (Fsp3) is 0.762. The third-order valence-corrected chi connectivity index (χ3v) is 4.62. The largest absolute Gasteiger partial charge is 0.550 e. The molecule has 158 valence electrons. The minimum atomic E-state index is -1.16. The fourth-order valence-corrected chi connectivity index (χ4v) is 3.21. The maximum Gasteiger partial charge on any atom is 0.106 e. The molecule has 0 aliphatic heterocycles. The van der Waals surface area contributed by atoms with Crippen LogP contribution in [0.2, 0.25) is 0 Å². The van der Waals surface area contributed by atoms with Crippen LogP contribution in [0.25, 0.3) is 0 Å². The van der Waals surface area contributed by atoms with E-state index in [1.807, 2.05) is 24.3 Å². The Morgan fingerprint density at radius 1 is 0.926 bits per heavy atom. The van der Waals surface area contributed by atoms with Crippen LogP contribution in [-0.4, -0.2) is 70.8 Å². The highest BCUT2D eigenvalue weighted by atomic mass is 16.4. The highest BCUT2D eigenvalue weighted by Gasteiger charge is 2.32. The van der Waals surface area contributed by atoms with Crippen molar-refractivity contribution in [1.29, 1.82) is 0 Å². The monoisotopic (exact) mass is 385 g/mol. The summed E-state index contributed by atoms with van der Waals surface area (Å²) in [5, 5.41) is 41.3. The fourth-order valence-electron chi connectivity index (χ4n) is 3.21. The first-order valence-electron chi connectivity index (χ1n) is 10.2. The zero-order chi connectivity index (χ0) is 20.5. The number of rotatable bonds is 17. The summed E-state index contributed by atoms with van der Waals surface area (Å²) in [6, 6.07) is 0. The first kappa shape index (κ1) is 25.8. The highest BCUT2D eigenvalue weighted by molar-refractivity contribution is 5.64. The summed E-state index contributed by atoms with van der Waals surface area (Å²) in [6.45, 7) is 5.12. The quantitative estimate of drug-likeness (QED) is 0.258. The van der Waals surface area contributed by atoms with Crippen molar-refractivity contribution in [1.82, 2.24) is 0 Å². The number of carbonyl (C=O) groups excluding carboxylic acids is 1. The van der Waals surface area contributed by atoms with Gasteiger partial charge in [-0.05, 0) is 25.7 Å². The minimum absolute atomic E-state index is 0.135. The van der Waals surface area contributed by atoms with E-state index in [9.17, 15) is 25.2 Å². The number of carbonyl (C=O) groups is 1. The lowest BCUT2D eigenvalue weighted by molar-refractivity contribution is -0.933. The molecule has 0 fully saturated rings. The summed E-state index contributed by atoms with van der Waals surface area (Å²) in [7, 11) is 0. The summed E-state index contributed by atoms with van der Waals surface area (Å²) in [4.78, 5) is 11.0. The summed E-state index contributed by atoms with van der Waals surface area (Å²) in [5.74, 6) is -1.16. The lowest BCUT2D eigenvalue weighted by Gasteiger charge is -2.41. The topological polar surface area (TPSA) is 101 Å². The van der Waals surface area contributed by atoms with E-state index in [-0.39, 0.29) is 24.1 Å². The zero-order valence-corrected chi connectivity index (χ0v) is 17.1. The second kappa shape index (κ2) is 15.8. The number of hydrogen-bond donors (Lipinski definition) is 3. The van der Waals surface area contributed by atoms with Crippen LogP contribution in [0, 0.1) is 0 Å². The first-order chi connectivity index (χ1) is 12.9. The molecule has 2 unspecified atom stereocenters. The van der Waals surface area contributed by atoms with Crippen molar-refractivity contribution in [2.45, 2.75) is 71.0 Å². The van der Waals surface area contributed by atoms with Gasteiger partial charge in [0.25, 0.3) is 0 Å². The van der Waals surface area contributed by atoms with Crippen molar-refractivity contribution in [3.63, 3.8) is 0 Å². The number of unbranched alkanes of at least 4 members (excludes halogenated alkanes) is 2. The molecule has 0 amide bonds. The summed E-state index contributed by atoms with van der Waals surface area (Å²) < 4.78 is 0.163. The molecular weight excluding hydrogens is 346 g/mol. The third kappa shape index (κ3) is 13.6. The molecule has 6 nitrogen and oxygen atoms in total. The number of nitrogens with zero attached hydrogens (tertiary/aromatic N) is 1. The van der Waals surface area contributed by atoms with Gasteiger partial charge in [-0.15, -0.1) is 0 Å². The van der Waals surface area contributed by atoms with Crippen molar-refractivity contribution in [3.8, 4) is 0 Å². The van der Waals surface area contributed by atoms with Crippen molar-refractivity contribution in [2.24, 2.45) is 0 Å². The smallest absolute Gasteiger partial charge is 0.106 e. The lowest BCUT2D eigenvalue weighted by Crippen LogP contribution is -2.58. The number of carboxylic acid groups (broad SMARTS) is 1. The van der Waals surface area contributed by atoms with Crippen LogP contribution in [0.1, 0.15) is 58.8 Å². The Balaban J connectivity index is 5.04. The van der Waals surface area contributed by atoms with Crippen LogP contribution in [-0.2, 0) is 4.79 Å². The van der Waals surface area contributed by atoms with Crippen LogP contribution < -0.4 is 5.11 Å². The number of quaternary nitrogens is 1. The Labute approximate surface area is 164 Å². The van der Waals surface area contributed by atoms with Gasteiger partial charge in [0.1, 0.15) is 31.8 Å². The average molecular weight is 386 g/mol. The zero-order valence-electron chi connectivity index (χ0n) is 17.1. The molecule has 0 aliphatic carbocycles. The molecule has 0 aliphatic rings. The molecule has 0 bridgehead atoms. The third-order valence-electron chi connectivity index (χ3n) is 4.62. The Morgan fingerprint density at radius 2 is 1.41 bits per heavy atom. The van der Waals surface area contributed by atoms with Crippen LogP contribution in [0.4, 0.5) is 0 Å². The molecule has 27 heavy (non-hydrogen) atoms. The normalized spacial score (nSPS) is 16.6. The van der Waals surface area contributed by atoms with E-state index >= 15 is 0 Å². The van der Waals surface area contributed by atoms with Crippen LogP contribution in [0.3, 0.4) is 0 Å². The molecule has 3 N–H and O–H groups in total. The Morgan fingerprint density at radius 3 is 1.78 bits per heavy atom. The summed E-state index contributed by atoms with van der Waals surface area (Å²) >= 11 is 0. The Kier molecular flexibility index (Phi) is 15.1. The second-order valence-corrected chi connectivity index (χ2v) is 7.30. The van der Waals surface area contributed by atoms with Crippen molar-refractivity contribution < 1.29 is 29.7 Å². The molecule has 0 rings (SSSR count). The van der Waals surface area contributed by atoms with Crippen LogP contribution in [0.5, 0.6) is 0 Å².